The molecule has 2 aromatic carbocycles. The van der Waals surface area contributed by atoms with Crippen LogP contribution in [0.15, 0.2) is 48.5 Å². The number of carbonyl (C=O) groups is 2. The third-order valence-electron chi connectivity index (χ3n) is 4.33. The van der Waals surface area contributed by atoms with Crippen molar-refractivity contribution in [1.82, 2.24) is 4.98 Å². The molecule has 7 heteroatoms. The van der Waals surface area contributed by atoms with Gasteiger partial charge in [0.05, 0.1) is 34.1 Å². The zero-order chi connectivity index (χ0) is 20.6. The largest absolute Gasteiger partial charge is 0.456 e. The van der Waals surface area contributed by atoms with Gasteiger partial charge in [0.1, 0.15) is 0 Å². The first kappa shape index (κ1) is 20.5. The van der Waals surface area contributed by atoms with Crippen molar-refractivity contribution in [3.63, 3.8) is 0 Å². The zero-order valence-corrected chi connectivity index (χ0v) is 16.9. The number of ether oxygens (including phenoxy) is 1. The van der Waals surface area contributed by atoms with Crippen LogP contribution in [0, 0.1) is 18.3 Å². The van der Waals surface area contributed by atoms with Gasteiger partial charge in [-0.3, -0.25) is 9.59 Å². The molecule has 0 aliphatic rings. The van der Waals surface area contributed by atoms with Gasteiger partial charge < -0.3 is 9.64 Å². The van der Waals surface area contributed by atoms with Crippen LogP contribution in [0.1, 0.15) is 23.4 Å². The monoisotopic (exact) mass is 407 g/mol. The highest BCUT2D eigenvalue weighted by Crippen LogP contribution is 2.22. The summed E-state index contributed by atoms with van der Waals surface area (Å²) in [4.78, 5) is 30.6. The minimum atomic E-state index is -0.443. The molecule has 6 nitrogen and oxygen atoms in total. The smallest absolute Gasteiger partial charge is 0.306 e. The van der Waals surface area contributed by atoms with Crippen molar-refractivity contribution in [2.45, 2.75) is 26.2 Å². The first-order valence-electron chi connectivity index (χ1n) is 9.31. The minimum Gasteiger partial charge on any atom is -0.456 e. The quantitative estimate of drug-likeness (QED) is 0.527. The molecule has 29 heavy (non-hydrogen) atoms. The van der Waals surface area contributed by atoms with Crippen molar-refractivity contribution in [3.8, 4) is 6.07 Å². The predicted octanol–water partition coefficient (Wildman–Crippen LogP) is 4.03. The Bertz CT molecular complexity index is 1000. The molecule has 0 N–H and O–H groups in total. The molecule has 0 radical (unpaired) electrons. The molecule has 0 bridgehead atoms. The van der Waals surface area contributed by atoms with Gasteiger partial charge in [-0.2, -0.15) is 5.26 Å². The van der Waals surface area contributed by atoms with Gasteiger partial charge in [0.25, 0.3) is 5.91 Å². The van der Waals surface area contributed by atoms with Crippen LogP contribution in [-0.4, -0.2) is 30.0 Å². The van der Waals surface area contributed by atoms with Crippen molar-refractivity contribution in [3.05, 3.63) is 59.1 Å². The van der Waals surface area contributed by atoms with E-state index in [1.807, 2.05) is 61.5 Å². The Balaban J connectivity index is 1.53. The van der Waals surface area contributed by atoms with Crippen molar-refractivity contribution >= 4 is 39.1 Å². The standard InChI is InChI=1S/C22H21N3O3S/c1-16-7-9-17(10-8-16)25(14-4-13-23)21(26)15-28-22(27)12-11-20-24-18-5-2-3-6-19(18)29-20/h2-3,5-10H,4,11-12,14-15H2,1H3. The van der Waals surface area contributed by atoms with Crippen molar-refractivity contribution < 1.29 is 14.3 Å². The van der Waals surface area contributed by atoms with Gasteiger partial charge in [-0.15, -0.1) is 11.3 Å². The summed E-state index contributed by atoms with van der Waals surface area (Å²) >= 11 is 1.55. The second-order valence-electron chi connectivity index (χ2n) is 6.53. The molecule has 1 heterocycles. The van der Waals surface area contributed by atoms with Crippen LogP contribution in [0.2, 0.25) is 0 Å². The van der Waals surface area contributed by atoms with E-state index in [1.165, 1.54) is 4.90 Å². The summed E-state index contributed by atoms with van der Waals surface area (Å²) in [5.74, 6) is -0.792. The topological polar surface area (TPSA) is 83.3 Å². The van der Waals surface area contributed by atoms with E-state index in [0.717, 1.165) is 20.8 Å². The summed E-state index contributed by atoms with van der Waals surface area (Å²) in [6, 6.07) is 17.3. The number of aromatic nitrogens is 1. The van der Waals surface area contributed by atoms with E-state index in [1.54, 1.807) is 11.3 Å². The summed E-state index contributed by atoms with van der Waals surface area (Å²) in [6.07, 6.45) is 0.837. The van der Waals surface area contributed by atoms with Gasteiger partial charge in [-0.1, -0.05) is 29.8 Å². The van der Waals surface area contributed by atoms with E-state index >= 15 is 0 Å². The number of anilines is 1. The molecule has 0 aliphatic heterocycles. The average Bonchev–Trinajstić information content (AvgIpc) is 3.15. The number of rotatable bonds is 8. The fraction of sp³-hybridized carbons (Fsp3) is 0.273. The molecule has 0 aliphatic carbocycles. The summed E-state index contributed by atoms with van der Waals surface area (Å²) in [5.41, 5.74) is 2.67. The number of esters is 1. The number of amides is 1. The number of nitrogens with zero attached hydrogens (tertiary/aromatic N) is 3. The number of nitriles is 1. The zero-order valence-electron chi connectivity index (χ0n) is 16.1. The molecule has 1 aromatic heterocycles. The molecule has 1 amide bonds. The van der Waals surface area contributed by atoms with Crippen molar-refractivity contribution in [1.29, 1.82) is 5.26 Å². The molecule has 0 unspecified atom stereocenters. The highest BCUT2D eigenvalue weighted by atomic mass is 32.1. The van der Waals surface area contributed by atoms with Gasteiger partial charge >= 0.3 is 5.97 Å². The lowest BCUT2D eigenvalue weighted by Crippen LogP contribution is -2.35. The summed E-state index contributed by atoms with van der Waals surface area (Å²) < 4.78 is 6.25. The van der Waals surface area contributed by atoms with Crippen LogP contribution in [-0.2, 0) is 20.7 Å². The first-order valence-corrected chi connectivity index (χ1v) is 10.1. The average molecular weight is 407 g/mol. The molecule has 0 saturated heterocycles. The first-order chi connectivity index (χ1) is 14.1. The van der Waals surface area contributed by atoms with Crippen LogP contribution in [0.25, 0.3) is 10.2 Å². The maximum atomic E-state index is 12.6. The van der Waals surface area contributed by atoms with E-state index in [-0.39, 0.29) is 31.9 Å². The maximum Gasteiger partial charge on any atom is 0.306 e. The Morgan fingerprint density at radius 2 is 1.93 bits per heavy atom. The SMILES string of the molecule is Cc1ccc(N(CCC#N)C(=O)COC(=O)CCc2nc3ccccc3s2)cc1. The third kappa shape index (κ3) is 5.62. The molecule has 0 saturated carbocycles. The van der Waals surface area contributed by atoms with E-state index in [2.05, 4.69) is 4.98 Å². The molecule has 148 valence electrons. The van der Waals surface area contributed by atoms with E-state index in [0.29, 0.717) is 12.1 Å². The number of aryl methyl sites for hydroxylation is 2. The molecule has 0 fully saturated rings. The lowest BCUT2D eigenvalue weighted by molar-refractivity contribution is -0.147. The molecule has 0 atom stereocenters. The summed E-state index contributed by atoms with van der Waals surface area (Å²) in [5, 5.41) is 9.72. The fourth-order valence-electron chi connectivity index (χ4n) is 2.81. The Morgan fingerprint density at radius 3 is 2.66 bits per heavy atom. The van der Waals surface area contributed by atoms with Gasteiger partial charge in [0.15, 0.2) is 6.61 Å². The molecule has 3 aromatic rings. The van der Waals surface area contributed by atoms with Crippen LogP contribution in [0.3, 0.4) is 0 Å². The lowest BCUT2D eigenvalue weighted by Gasteiger charge is -2.21. The Morgan fingerprint density at radius 1 is 1.17 bits per heavy atom. The Hall–Kier alpha value is -3.24. The van der Waals surface area contributed by atoms with Gasteiger partial charge in [0.2, 0.25) is 0 Å². The normalized spacial score (nSPS) is 10.5. The van der Waals surface area contributed by atoms with E-state index < -0.39 is 5.97 Å². The van der Waals surface area contributed by atoms with E-state index in [9.17, 15) is 9.59 Å². The number of para-hydroxylation sites is 1. The molecule has 0 spiro atoms. The van der Waals surface area contributed by atoms with Gasteiger partial charge in [-0.05, 0) is 31.2 Å². The fourth-order valence-corrected chi connectivity index (χ4v) is 3.78. The van der Waals surface area contributed by atoms with Crippen LogP contribution < -0.4 is 4.90 Å². The van der Waals surface area contributed by atoms with Crippen LogP contribution in [0.4, 0.5) is 5.69 Å². The highest BCUT2D eigenvalue weighted by molar-refractivity contribution is 7.18. The van der Waals surface area contributed by atoms with Crippen LogP contribution in [0.5, 0.6) is 0 Å². The number of carbonyl (C=O) groups excluding carboxylic acids is 2. The molecular weight excluding hydrogens is 386 g/mol. The van der Waals surface area contributed by atoms with Gasteiger partial charge in [0, 0.05) is 18.7 Å². The van der Waals surface area contributed by atoms with Crippen molar-refractivity contribution in [2.75, 3.05) is 18.1 Å². The number of hydrogen-bond acceptors (Lipinski definition) is 6. The molecular formula is C22H21N3O3S. The van der Waals surface area contributed by atoms with Crippen molar-refractivity contribution in [2.24, 2.45) is 0 Å². The van der Waals surface area contributed by atoms with E-state index in [4.69, 9.17) is 10.00 Å². The van der Waals surface area contributed by atoms with Crippen LogP contribution >= 0.6 is 11.3 Å². The summed E-state index contributed by atoms with van der Waals surface area (Å²) in [6.45, 7) is 1.86. The number of benzene rings is 2. The predicted molar refractivity (Wildman–Crippen MR) is 113 cm³/mol. The number of thiazole rings is 1. The maximum absolute atomic E-state index is 12.6. The molecule has 3 rings (SSSR count). The second kappa shape index (κ2) is 9.80. The summed E-state index contributed by atoms with van der Waals surface area (Å²) in [7, 11) is 0. The van der Waals surface area contributed by atoms with Gasteiger partial charge in [-0.25, -0.2) is 4.98 Å². The Kier molecular flexibility index (Phi) is 6.93. The highest BCUT2D eigenvalue weighted by Gasteiger charge is 2.18. The lowest BCUT2D eigenvalue weighted by atomic mass is 10.2. The Labute approximate surface area is 173 Å². The second-order valence-corrected chi connectivity index (χ2v) is 7.64. The number of hydrogen-bond donors (Lipinski definition) is 0. The minimum absolute atomic E-state index is 0.163. The third-order valence-corrected chi connectivity index (χ3v) is 5.43. The number of fused-ring (bicyclic) bond motifs is 1.